The van der Waals surface area contributed by atoms with Crippen LogP contribution in [0.4, 0.5) is 0 Å². The zero-order valence-corrected chi connectivity index (χ0v) is 12.4. The zero-order valence-electron chi connectivity index (χ0n) is 11.6. The van der Waals surface area contributed by atoms with E-state index in [2.05, 4.69) is 5.32 Å². The van der Waals surface area contributed by atoms with E-state index in [9.17, 15) is 8.42 Å². The lowest BCUT2D eigenvalue weighted by Gasteiger charge is -2.37. The quantitative estimate of drug-likeness (QED) is 0.847. The number of hydrogen-bond acceptors (Lipinski definition) is 3. The second-order valence-electron chi connectivity index (χ2n) is 5.92. The number of sulfonamides is 1. The number of nitrogens with one attached hydrogen (secondary N) is 1. The van der Waals surface area contributed by atoms with Crippen LogP contribution in [0.1, 0.15) is 39.5 Å². The zero-order chi connectivity index (χ0) is 13.2. The fourth-order valence-electron chi connectivity index (χ4n) is 3.22. The van der Waals surface area contributed by atoms with E-state index < -0.39 is 10.0 Å². The minimum Gasteiger partial charge on any atom is -0.317 e. The van der Waals surface area contributed by atoms with Gasteiger partial charge in [-0.1, -0.05) is 0 Å². The number of rotatable bonds is 3. The SMILES string of the molecule is CC(C)S(=O)(=O)N1CCC(C2CCNCC2)CC1. The third-order valence-electron chi connectivity index (χ3n) is 4.50. The summed E-state index contributed by atoms with van der Waals surface area (Å²) in [6.07, 6.45) is 4.64. The minimum absolute atomic E-state index is 0.284. The van der Waals surface area contributed by atoms with Crippen molar-refractivity contribution in [1.82, 2.24) is 9.62 Å². The Bertz CT molecular complexity index is 353. The molecule has 0 radical (unpaired) electrons. The lowest BCUT2D eigenvalue weighted by atomic mass is 9.79. The summed E-state index contributed by atoms with van der Waals surface area (Å²) in [5.41, 5.74) is 0. The van der Waals surface area contributed by atoms with Crippen LogP contribution in [-0.4, -0.2) is 44.2 Å². The summed E-state index contributed by atoms with van der Waals surface area (Å²) in [5, 5.41) is 3.11. The molecule has 18 heavy (non-hydrogen) atoms. The summed E-state index contributed by atoms with van der Waals surface area (Å²) >= 11 is 0. The van der Waals surface area contributed by atoms with Crippen LogP contribution in [0.2, 0.25) is 0 Å². The van der Waals surface area contributed by atoms with E-state index in [0.717, 1.165) is 50.9 Å². The van der Waals surface area contributed by atoms with Gasteiger partial charge in [-0.05, 0) is 64.5 Å². The fraction of sp³-hybridized carbons (Fsp3) is 1.00. The minimum atomic E-state index is -3.03. The van der Waals surface area contributed by atoms with Crippen molar-refractivity contribution in [2.24, 2.45) is 11.8 Å². The van der Waals surface area contributed by atoms with Crippen molar-refractivity contribution in [1.29, 1.82) is 0 Å². The topological polar surface area (TPSA) is 49.4 Å². The van der Waals surface area contributed by atoms with E-state index >= 15 is 0 Å². The highest BCUT2D eigenvalue weighted by Crippen LogP contribution is 2.31. The maximum absolute atomic E-state index is 12.1. The van der Waals surface area contributed by atoms with Gasteiger partial charge < -0.3 is 5.32 Å². The van der Waals surface area contributed by atoms with Crippen LogP contribution in [0.5, 0.6) is 0 Å². The van der Waals surface area contributed by atoms with Crippen molar-refractivity contribution in [3.05, 3.63) is 0 Å². The highest BCUT2D eigenvalue weighted by Gasteiger charge is 2.33. The van der Waals surface area contributed by atoms with Crippen molar-refractivity contribution in [3.63, 3.8) is 0 Å². The molecule has 2 heterocycles. The molecule has 5 heteroatoms. The van der Waals surface area contributed by atoms with Crippen LogP contribution in [0.25, 0.3) is 0 Å². The fourth-order valence-corrected chi connectivity index (χ4v) is 4.53. The van der Waals surface area contributed by atoms with E-state index in [1.165, 1.54) is 12.8 Å². The highest BCUT2D eigenvalue weighted by atomic mass is 32.2. The predicted molar refractivity (Wildman–Crippen MR) is 73.9 cm³/mol. The summed E-state index contributed by atoms with van der Waals surface area (Å²) in [7, 11) is -3.03. The molecule has 0 aromatic carbocycles. The van der Waals surface area contributed by atoms with E-state index in [-0.39, 0.29) is 5.25 Å². The van der Waals surface area contributed by atoms with Gasteiger partial charge in [0.15, 0.2) is 0 Å². The molecule has 2 aliphatic rings. The number of nitrogens with zero attached hydrogens (tertiary/aromatic N) is 1. The Kier molecular flexibility index (Phi) is 4.67. The van der Waals surface area contributed by atoms with E-state index in [1.54, 1.807) is 18.2 Å². The van der Waals surface area contributed by atoms with Crippen LogP contribution < -0.4 is 5.32 Å². The van der Waals surface area contributed by atoms with Gasteiger partial charge in [-0.25, -0.2) is 12.7 Å². The molecule has 4 nitrogen and oxygen atoms in total. The summed E-state index contributed by atoms with van der Waals surface area (Å²) in [5.74, 6) is 1.56. The molecule has 1 N–H and O–H groups in total. The van der Waals surface area contributed by atoms with Gasteiger partial charge in [-0.2, -0.15) is 0 Å². The monoisotopic (exact) mass is 274 g/mol. The molecule has 0 aromatic heterocycles. The largest absolute Gasteiger partial charge is 0.317 e. The Morgan fingerprint density at radius 3 is 2.00 bits per heavy atom. The first kappa shape index (κ1) is 14.3. The van der Waals surface area contributed by atoms with Crippen LogP contribution in [0.3, 0.4) is 0 Å². The number of piperidine rings is 2. The summed E-state index contributed by atoms with van der Waals surface area (Å²) in [6, 6.07) is 0. The first-order valence-corrected chi connectivity index (χ1v) is 8.72. The van der Waals surface area contributed by atoms with Crippen molar-refractivity contribution >= 4 is 10.0 Å². The Balaban J connectivity index is 1.88. The summed E-state index contributed by atoms with van der Waals surface area (Å²) in [4.78, 5) is 0. The molecular formula is C13H26N2O2S. The second-order valence-corrected chi connectivity index (χ2v) is 8.41. The van der Waals surface area contributed by atoms with Crippen LogP contribution in [0, 0.1) is 11.8 Å². The van der Waals surface area contributed by atoms with Crippen LogP contribution >= 0.6 is 0 Å². The van der Waals surface area contributed by atoms with Crippen molar-refractivity contribution in [2.75, 3.05) is 26.2 Å². The van der Waals surface area contributed by atoms with Crippen LogP contribution in [0.15, 0.2) is 0 Å². The molecule has 0 unspecified atom stereocenters. The predicted octanol–water partition coefficient (Wildman–Crippen LogP) is 1.44. The molecule has 106 valence electrons. The Morgan fingerprint density at radius 2 is 1.50 bits per heavy atom. The first-order chi connectivity index (χ1) is 8.51. The Morgan fingerprint density at radius 1 is 1.00 bits per heavy atom. The maximum Gasteiger partial charge on any atom is 0.216 e. The molecule has 2 fully saturated rings. The Labute approximate surface area is 111 Å². The lowest BCUT2D eigenvalue weighted by Crippen LogP contribution is -2.44. The smallest absolute Gasteiger partial charge is 0.216 e. The summed E-state index contributed by atoms with van der Waals surface area (Å²) < 4.78 is 25.9. The number of hydrogen-bond donors (Lipinski definition) is 1. The van der Waals surface area contributed by atoms with Crippen molar-refractivity contribution in [2.45, 2.75) is 44.8 Å². The molecule has 2 aliphatic heterocycles. The van der Waals surface area contributed by atoms with Gasteiger partial charge in [0.05, 0.1) is 5.25 Å². The molecule has 0 saturated carbocycles. The molecule has 0 amide bonds. The van der Waals surface area contributed by atoms with Crippen molar-refractivity contribution < 1.29 is 8.42 Å². The highest BCUT2D eigenvalue weighted by molar-refractivity contribution is 7.89. The van der Waals surface area contributed by atoms with Gasteiger partial charge in [0.1, 0.15) is 0 Å². The van der Waals surface area contributed by atoms with Gasteiger partial charge in [0.25, 0.3) is 0 Å². The second kappa shape index (κ2) is 5.88. The molecule has 0 spiro atoms. The molecule has 0 bridgehead atoms. The average Bonchev–Trinajstić information content (AvgIpc) is 2.40. The molecule has 0 atom stereocenters. The molecule has 0 aliphatic carbocycles. The standard InChI is InChI=1S/C13H26N2O2S/c1-11(2)18(16,17)15-9-5-13(6-10-15)12-3-7-14-8-4-12/h11-14H,3-10H2,1-2H3. The van der Waals surface area contributed by atoms with Gasteiger partial charge in [-0.15, -0.1) is 0 Å². The molecular weight excluding hydrogens is 248 g/mol. The van der Waals surface area contributed by atoms with Crippen LogP contribution in [-0.2, 0) is 10.0 Å². The Hall–Kier alpha value is -0.130. The normalized spacial score (nSPS) is 25.7. The van der Waals surface area contributed by atoms with Gasteiger partial charge in [0, 0.05) is 13.1 Å². The third-order valence-corrected chi connectivity index (χ3v) is 6.78. The van der Waals surface area contributed by atoms with E-state index in [4.69, 9.17) is 0 Å². The van der Waals surface area contributed by atoms with Gasteiger partial charge in [0.2, 0.25) is 10.0 Å². The third kappa shape index (κ3) is 3.06. The van der Waals surface area contributed by atoms with Gasteiger partial charge >= 0.3 is 0 Å². The average molecular weight is 274 g/mol. The maximum atomic E-state index is 12.1. The van der Waals surface area contributed by atoms with Gasteiger partial charge in [-0.3, -0.25) is 0 Å². The first-order valence-electron chi connectivity index (χ1n) is 7.21. The molecule has 2 saturated heterocycles. The van der Waals surface area contributed by atoms with E-state index in [0.29, 0.717) is 0 Å². The summed E-state index contributed by atoms with van der Waals surface area (Å²) in [6.45, 7) is 7.27. The van der Waals surface area contributed by atoms with Crippen molar-refractivity contribution in [3.8, 4) is 0 Å². The molecule has 2 rings (SSSR count). The molecule has 0 aromatic rings. The lowest BCUT2D eigenvalue weighted by molar-refractivity contribution is 0.176. The van der Waals surface area contributed by atoms with E-state index in [1.807, 2.05) is 0 Å².